The molecular formula is C17H21ClFN5O2. The smallest absolute Gasteiger partial charge is 0.243 e. The highest BCUT2D eigenvalue weighted by molar-refractivity contribution is 6.28. The van der Waals surface area contributed by atoms with Crippen molar-refractivity contribution in [2.75, 3.05) is 24.6 Å². The molecule has 140 valence electrons. The standard InChI is InChI=1S/C17H21ClFN5O2/c18-17-21-16(23-6-9-2-1-3-10(9)7-23)15-20-5-13(24(15)22-17)14-12(19)4-11(8-25)26-14/h5,9-12,14,25H,1-4,6-8H2/t9?,10?,11-,12-,14+/m0/s1. The Balaban J connectivity index is 1.52. The fourth-order valence-corrected chi connectivity index (χ4v) is 4.92. The summed E-state index contributed by atoms with van der Waals surface area (Å²) in [5, 5.41) is 13.6. The lowest BCUT2D eigenvalue weighted by Gasteiger charge is -2.19. The van der Waals surface area contributed by atoms with Crippen molar-refractivity contribution in [2.24, 2.45) is 11.8 Å². The maximum Gasteiger partial charge on any atom is 0.243 e. The van der Waals surface area contributed by atoms with Crippen LogP contribution in [0.1, 0.15) is 37.5 Å². The van der Waals surface area contributed by atoms with Crippen molar-refractivity contribution in [3.63, 3.8) is 0 Å². The van der Waals surface area contributed by atoms with Crippen LogP contribution < -0.4 is 4.90 Å². The van der Waals surface area contributed by atoms with Crippen LogP contribution in [-0.4, -0.2) is 56.7 Å². The number of halogens is 2. The summed E-state index contributed by atoms with van der Waals surface area (Å²) < 4.78 is 21.6. The molecule has 0 spiro atoms. The topological polar surface area (TPSA) is 75.8 Å². The van der Waals surface area contributed by atoms with Crippen LogP contribution in [0.5, 0.6) is 0 Å². The molecule has 1 aliphatic carbocycles. The molecule has 2 aromatic heterocycles. The van der Waals surface area contributed by atoms with Crippen LogP contribution in [0.25, 0.3) is 5.65 Å². The zero-order chi connectivity index (χ0) is 17.8. The minimum absolute atomic E-state index is 0.107. The first-order valence-corrected chi connectivity index (χ1v) is 9.58. The van der Waals surface area contributed by atoms with E-state index in [9.17, 15) is 9.50 Å². The number of alkyl halides is 1. The highest BCUT2D eigenvalue weighted by Gasteiger charge is 2.40. The number of aromatic nitrogens is 4. The lowest BCUT2D eigenvalue weighted by atomic mass is 10.0. The van der Waals surface area contributed by atoms with Crippen LogP contribution in [0.3, 0.4) is 0 Å². The lowest BCUT2D eigenvalue weighted by Crippen LogP contribution is -2.23. The Bertz CT molecular complexity index is 821. The Morgan fingerprint density at radius 1 is 1.31 bits per heavy atom. The number of hydrogen-bond acceptors (Lipinski definition) is 6. The average molecular weight is 382 g/mol. The summed E-state index contributed by atoms with van der Waals surface area (Å²) in [5.41, 5.74) is 1.08. The van der Waals surface area contributed by atoms with Crippen LogP contribution in [0, 0.1) is 11.8 Å². The average Bonchev–Trinajstić information content (AvgIpc) is 3.35. The first-order valence-electron chi connectivity index (χ1n) is 9.20. The fraction of sp³-hybridized carbons (Fsp3) is 0.706. The molecule has 0 radical (unpaired) electrons. The van der Waals surface area contributed by atoms with Crippen molar-refractivity contribution in [1.29, 1.82) is 0 Å². The molecule has 3 aliphatic rings. The number of nitrogens with zero attached hydrogens (tertiary/aromatic N) is 5. The van der Waals surface area contributed by atoms with Crippen LogP contribution in [0.15, 0.2) is 6.20 Å². The second-order valence-electron chi connectivity index (χ2n) is 7.59. The highest BCUT2D eigenvalue weighted by Crippen LogP contribution is 2.41. The summed E-state index contributed by atoms with van der Waals surface area (Å²) in [4.78, 5) is 11.1. The maximum absolute atomic E-state index is 14.4. The van der Waals surface area contributed by atoms with Gasteiger partial charge >= 0.3 is 0 Å². The molecular weight excluding hydrogens is 361 g/mol. The summed E-state index contributed by atoms with van der Waals surface area (Å²) in [6.45, 7) is 1.70. The normalized spacial score (nSPS) is 34.1. The molecule has 0 bridgehead atoms. The molecule has 9 heteroatoms. The number of anilines is 1. The monoisotopic (exact) mass is 381 g/mol. The molecule has 1 saturated carbocycles. The van der Waals surface area contributed by atoms with E-state index in [4.69, 9.17) is 16.3 Å². The zero-order valence-corrected chi connectivity index (χ0v) is 15.0. The molecule has 2 aliphatic heterocycles. The number of aliphatic hydroxyl groups is 1. The van der Waals surface area contributed by atoms with Crippen molar-refractivity contribution < 1.29 is 14.2 Å². The number of rotatable bonds is 3. The number of ether oxygens (including phenoxy) is 1. The number of aliphatic hydroxyl groups excluding tert-OH is 1. The Morgan fingerprint density at radius 3 is 2.77 bits per heavy atom. The highest BCUT2D eigenvalue weighted by atomic mass is 35.5. The molecule has 4 heterocycles. The molecule has 2 aromatic rings. The van der Waals surface area contributed by atoms with Gasteiger partial charge in [0.1, 0.15) is 12.3 Å². The molecule has 5 rings (SSSR count). The SMILES string of the molecule is OC[C@@H]1C[C@H](F)[C@H](c2cnc3c(N4CC5CCCC5C4)nc(Cl)nn23)O1. The summed E-state index contributed by atoms with van der Waals surface area (Å²) in [5.74, 6) is 2.12. The molecule has 0 amide bonds. The molecule has 2 unspecified atom stereocenters. The molecule has 2 saturated heterocycles. The van der Waals surface area contributed by atoms with Crippen molar-refractivity contribution in [3.05, 3.63) is 17.2 Å². The molecule has 7 nitrogen and oxygen atoms in total. The number of fused-ring (bicyclic) bond motifs is 2. The molecule has 1 N–H and O–H groups in total. The maximum atomic E-state index is 14.4. The second-order valence-corrected chi connectivity index (χ2v) is 7.93. The fourth-order valence-electron chi connectivity index (χ4n) is 4.77. The van der Waals surface area contributed by atoms with Gasteiger partial charge in [-0.1, -0.05) is 6.42 Å². The van der Waals surface area contributed by atoms with Gasteiger partial charge < -0.3 is 14.7 Å². The number of hydrogen-bond donors (Lipinski definition) is 1. The van der Waals surface area contributed by atoms with Gasteiger partial charge in [-0.2, -0.15) is 4.98 Å². The van der Waals surface area contributed by atoms with Crippen molar-refractivity contribution >= 4 is 23.1 Å². The third-order valence-electron chi connectivity index (χ3n) is 6.02. The second kappa shape index (κ2) is 6.28. The molecule has 0 aromatic carbocycles. The largest absolute Gasteiger partial charge is 0.394 e. The first kappa shape index (κ1) is 16.6. The third kappa shape index (κ3) is 2.58. The van der Waals surface area contributed by atoms with Gasteiger partial charge in [0.25, 0.3) is 0 Å². The van der Waals surface area contributed by atoms with Gasteiger partial charge in [-0.05, 0) is 36.3 Å². The minimum Gasteiger partial charge on any atom is -0.394 e. The van der Waals surface area contributed by atoms with Gasteiger partial charge in [0.05, 0.1) is 24.6 Å². The summed E-state index contributed by atoms with van der Waals surface area (Å²) in [7, 11) is 0. The van der Waals surface area contributed by atoms with Crippen LogP contribution in [0.4, 0.5) is 10.2 Å². The predicted molar refractivity (Wildman–Crippen MR) is 93.0 cm³/mol. The third-order valence-corrected chi connectivity index (χ3v) is 6.18. The zero-order valence-electron chi connectivity index (χ0n) is 14.3. The summed E-state index contributed by atoms with van der Waals surface area (Å²) in [6.07, 6.45) is 3.05. The van der Waals surface area contributed by atoms with E-state index in [1.165, 1.54) is 19.3 Å². The van der Waals surface area contributed by atoms with E-state index < -0.39 is 18.4 Å². The molecule has 26 heavy (non-hydrogen) atoms. The van der Waals surface area contributed by atoms with E-state index in [2.05, 4.69) is 20.0 Å². The Morgan fingerprint density at radius 2 is 2.08 bits per heavy atom. The van der Waals surface area contributed by atoms with Gasteiger partial charge in [0.15, 0.2) is 11.5 Å². The van der Waals surface area contributed by atoms with E-state index >= 15 is 0 Å². The van der Waals surface area contributed by atoms with Gasteiger partial charge in [-0.15, -0.1) is 5.10 Å². The van der Waals surface area contributed by atoms with Crippen LogP contribution in [-0.2, 0) is 4.74 Å². The van der Waals surface area contributed by atoms with Crippen molar-refractivity contribution in [1.82, 2.24) is 19.6 Å². The van der Waals surface area contributed by atoms with E-state index in [0.717, 1.165) is 13.1 Å². The van der Waals surface area contributed by atoms with E-state index in [0.29, 0.717) is 29.0 Å². The van der Waals surface area contributed by atoms with Crippen LogP contribution >= 0.6 is 11.6 Å². The van der Waals surface area contributed by atoms with E-state index in [-0.39, 0.29) is 18.3 Å². The Kier molecular flexibility index (Phi) is 4.02. The van der Waals surface area contributed by atoms with E-state index in [1.54, 1.807) is 10.7 Å². The quantitative estimate of drug-likeness (QED) is 0.878. The Hall–Kier alpha value is -1.51. The summed E-state index contributed by atoms with van der Waals surface area (Å²) in [6, 6.07) is 0. The number of imidazole rings is 1. The van der Waals surface area contributed by atoms with Gasteiger partial charge in [0, 0.05) is 19.5 Å². The van der Waals surface area contributed by atoms with Crippen LogP contribution in [0.2, 0.25) is 5.28 Å². The minimum atomic E-state index is -1.21. The van der Waals surface area contributed by atoms with Crippen molar-refractivity contribution in [3.8, 4) is 0 Å². The lowest BCUT2D eigenvalue weighted by molar-refractivity contribution is -0.00203. The van der Waals surface area contributed by atoms with Gasteiger partial charge in [-0.25, -0.2) is 13.9 Å². The first-order chi connectivity index (χ1) is 12.6. The molecule has 5 atom stereocenters. The van der Waals surface area contributed by atoms with E-state index in [1.807, 2.05) is 0 Å². The predicted octanol–water partition coefficient (Wildman–Crippen LogP) is 2.17. The molecule has 3 fully saturated rings. The van der Waals surface area contributed by atoms with Gasteiger partial charge in [0.2, 0.25) is 5.28 Å². The van der Waals surface area contributed by atoms with Gasteiger partial charge in [-0.3, -0.25) is 0 Å². The van der Waals surface area contributed by atoms with Crippen molar-refractivity contribution in [2.45, 2.75) is 44.1 Å². The summed E-state index contributed by atoms with van der Waals surface area (Å²) >= 11 is 6.18. The Labute approximate surface area is 155 Å².